The van der Waals surface area contributed by atoms with Gasteiger partial charge < -0.3 is 10.4 Å². The third-order valence-electron chi connectivity index (χ3n) is 2.19. The molecule has 2 aromatic rings. The average molecular weight is 232 g/mol. The van der Waals surface area contributed by atoms with Crippen LogP contribution in [0.15, 0.2) is 36.8 Å². The summed E-state index contributed by atoms with van der Waals surface area (Å²) in [5, 5.41) is 16.1. The first kappa shape index (κ1) is 11.1. The molecule has 6 nitrogen and oxygen atoms in total. The lowest BCUT2D eigenvalue weighted by molar-refractivity contribution is 0.0944. The fourth-order valence-corrected chi connectivity index (χ4v) is 1.37. The highest BCUT2D eigenvalue weighted by molar-refractivity contribution is 5.94. The molecule has 2 rings (SSSR count). The minimum Gasteiger partial charge on any atom is -0.505 e. The normalized spacial score (nSPS) is 10.1. The third-order valence-corrected chi connectivity index (χ3v) is 2.19. The maximum absolute atomic E-state index is 11.6. The van der Waals surface area contributed by atoms with E-state index in [-0.39, 0.29) is 11.4 Å². The lowest BCUT2D eigenvalue weighted by Crippen LogP contribution is -2.28. The molecule has 1 amide bonds. The Hall–Kier alpha value is -2.37. The van der Waals surface area contributed by atoms with Gasteiger partial charge in [0.2, 0.25) is 0 Å². The van der Waals surface area contributed by atoms with Gasteiger partial charge in [-0.25, -0.2) is 4.98 Å². The summed E-state index contributed by atoms with van der Waals surface area (Å²) >= 11 is 0. The number of hydrogen-bond acceptors (Lipinski definition) is 4. The van der Waals surface area contributed by atoms with E-state index >= 15 is 0 Å². The fraction of sp³-hybridized carbons (Fsp3) is 0.182. The number of amides is 1. The number of carbonyl (C=O) groups excluding carboxylic acids is 1. The smallest absolute Gasteiger partial charge is 0.273 e. The molecule has 6 heteroatoms. The van der Waals surface area contributed by atoms with E-state index in [1.807, 2.05) is 12.3 Å². The van der Waals surface area contributed by atoms with E-state index < -0.39 is 5.91 Å². The van der Waals surface area contributed by atoms with Crippen molar-refractivity contribution in [2.45, 2.75) is 6.54 Å². The zero-order valence-electron chi connectivity index (χ0n) is 9.08. The Balaban J connectivity index is 1.88. The maximum atomic E-state index is 11.6. The molecule has 0 aliphatic heterocycles. The Labute approximate surface area is 97.9 Å². The first-order valence-electron chi connectivity index (χ1n) is 5.17. The summed E-state index contributed by atoms with van der Waals surface area (Å²) in [6, 6.07) is 4.80. The Morgan fingerprint density at radius 1 is 1.41 bits per heavy atom. The Bertz CT molecular complexity index is 496. The molecule has 88 valence electrons. The van der Waals surface area contributed by atoms with Crippen LogP contribution in [0.3, 0.4) is 0 Å². The van der Waals surface area contributed by atoms with E-state index in [2.05, 4.69) is 15.4 Å². The summed E-state index contributed by atoms with van der Waals surface area (Å²) in [5.41, 5.74) is 0.0352. The standard InChI is InChI=1S/C11H12N4O2/c16-9-3-1-4-12-10(9)11(17)13-6-8-15-7-2-5-14-15/h1-5,7,16H,6,8H2,(H,13,17). The second-order valence-corrected chi connectivity index (χ2v) is 3.40. The van der Waals surface area contributed by atoms with Crippen LogP contribution in [-0.4, -0.2) is 32.3 Å². The number of aromatic nitrogens is 3. The summed E-state index contributed by atoms with van der Waals surface area (Å²) in [6.45, 7) is 1.00. The molecule has 17 heavy (non-hydrogen) atoms. The van der Waals surface area contributed by atoms with E-state index in [4.69, 9.17) is 0 Å². The molecule has 0 spiro atoms. The van der Waals surface area contributed by atoms with Crippen molar-refractivity contribution in [3.05, 3.63) is 42.5 Å². The second kappa shape index (κ2) is 5.11. The number of aromatic hydroxyl groups is 1. The van der Waals surface area contributed by atoms with Crippen LogP contribution in [0.5, 0.6) is 5.75 Å². The first-order valence-corrected chi connectivity index (χ1v) is 5.17. The Morgan fingerprint density at radius 2 is 2.29 bits per heavy atom. The maximum Gasteiger partial charge on any atom is 0.273 e. The van der Waals surface area contributed by atoms with Crippen molar-refractivity contribution in [2.75, 3.05) is 6.54 Å². The number of nitrogens with zero attached hydrogens (tertiary/aromatic N) is 3. The number of rotatable bonds is 4. The van der Waals surface area contributed by atoms with Gasteiger partial charge in [0, 0.05) is 25.1 Å². The van der Waals surface area contributed by atoms with Gasteiger partial charge in [-0.3, -0.25) is 9.48 Å². The minimum atomic E-state index is -0.393. The van der Waals surface area contributed by atoms with Gasteiger partial charge in [-0.15, -0.1) is 0 Å². The van der Waals surface area contributed by atoms with Crippen molar-refractivity contribution < 1.29 is 9.90 Å². The number of pyridine rings is 1. The highest BCUT2D eigenvalue weighted by atomic mass is 16.3. The van der Waals surface area contributed by atoms with Gasteiger partial charge in [0.25, 0.3) is 5.91 Å². The minimum absolute atomic E-state index is 0.0352. The number of carbonyl (C=O) groups is 1. The van der Waals surface area contributed by atoms with Crippen LogP contribution in [0.4, 0.5) is 0 Å². The molecule has 0 radical (unpaired) electrons. The van der Waals surface area contributed by atoms with Gasteiger partial charge in [0.1, 0.15) is 5.75 Å². The van der Waals surface area contributed by atoms with Crippen molar-refractivity contribution in [1.82, 2.24) is 20.1 Å². The lowest BCUT2D eigenvalue weighted by atomic mass is 10.3. The highest BCUT2D eigenvalue weighted by Crippen LogP contribution is 2.11. The van der Waals surface area contributed by atoms with E-state index in [1.165, 1.54) is 12.3 Å². The largest absolute Gasteiger partial charge is 0.505 e. The molecule has 2 heterocycles. The van der Waals surface area contributed by atoms with Crippen LogP contribution in [-0.2, 0) is 6.54 Å². The topological polar surface area (TPSA) is 80.0 Å². The summed E-state index contributed by atoms with van der Waals surface area (Å²) in [6.07, 6.45) is 4.94. The summed E-state index contributed by atoms with van der Waals surface area (Å²) < 4.78 is 1.71. The predicted octanol–water partition coefficient (Wildman–Crippen LogP) is 0.414. The molecule has 0 unspecified atom stereocenters. The fourth-order valence-electron chi connectivity index (χ4n) is 1.37. The van der Waals surface area contributed by atoms with Crippen LogP contribution in [0.25, 0.3) is 0 Å². The van der Waals surface area contributed by atoms with Gasteiger partial charge in [0.15, 0.2) is 5.69 Å². The zero-order valence-corrected chi connectivity index (χ0v) is 9.08. The number of hydrogen-bond donors (Lipinski definition) is 2. The van der Waals surface area contributed by atoms with E-state index in [0.29, 0.717) is 13.1 Å². The van der Waals surface area contributed by atoms with Crippen molar-refractivity contribution in [2.24, 2.45) is 0 Å². The van der Waals surface area contributed by atoms with Crippen molar-refractivity contribution >= 4 is 5.91 Å². The summed E-state index contributed by atoms with van der Waals surface area (Å²) in [5.74, 6) is -0.514. The van der Waals surface area contributed by atoms with Crippen LogP contribution >= 0.6 is 0 Å². The van der Waals surface area contributed by atoms with Crippen LogP contribution in [0.1, 0.15) is 10.5 Å². The van der Waals surface area contributed by atoms with Gasteiger partial charge in [-0.05, 0) is 18.2 Å². The third kappa shape index (κ3) is 2.81. The molecule has 0 aliphatic rings. The second-order valence-electron chi connectivity index (χ2n) is 3.40. The van der Waals surface area contributed by atoms with E-state index in [1.54, 1.807) is 16.9 Å². The molecule has 2 aromatic heterocycles. The molecule has 0 bridgehead atoms. The first-order chi connectivity index (χ1) is 8.27. The quantitative estimate of drug-likeness (QED) is 0.800. The molecule has 2 N–H and O–H groups in total. The SMILES string of the molecule is O=C(NCCn1cccn1)c1ncccc1O. The highest BCUT2D eigenvalue weighted by Gasteiger charge is 2.10. The van der Waals surface area contributed by atoms with Gasteiger partial charge in [-0.1, -0.05) is 0 Å². The molecule has 0 atom stereocenters. The predicted molar refractivity (Wildman–Crippen MR) is 60.5 cm³/mol. The lowest BCUT2D eigenvalue weighted by Gasteiger charge is -2.05. The molecular formula is C11H12N4O2. The number of nitrogens with one attached hydrogen (secondary N) is 1. The molecule has 0 saturated carbocycles. The molecule has 0 fully saturated rings. The van der Waals surface area contributed by atoms with Gasteiger partial charge in [-0.2, -0.15) is 5.10 Å². The van der Waals surface area contributed by atoms with Crippen LogP contribution in [0.2, 0.25) is 0 Å². The average Bonchev–Trinajstić information content (AvgIpc) is 2.82. The monoisotopic (exact) mass is 232 g/mol. The van der Waals surface area contributed by atoms with E-state index in [9.17, 15) is 9.90 Å². The molecular weight excluding hydrogens is 220 g/mol. The van der Waals surface area contributed by atoms with E-state index in [0.717, 1.165) is 0 Å². The molecule has 0 aromatic carbocycles. The van der Waals surface area contributed by atoms with Crippen molar-refractivity contribution in [3.8, 4) is 5.75 Å². The van der Waals surface area contributed by atoms with Crippen molar-refractivity contribution in [1.29, 1.82) is 0 Å². The van der Waals surface area contributed by atoms with Crippen LogP contribution < -0.4 is 5.32 Å². The Morgan fingerprint density at radius 3 is 3.00 bits per heavy atom. The molecule has 0 aliphatic carbocycles. The zero-order chi connectivity index (χ0) is 12.1. The van der Waals surface area contributed by atoms with Crippen molar-refractivity contribution in [3.63, 3.8) is 0 Å². The van der Waals surface area contributed by atoms with Crippen LogP contribution in [0, 0.1) is 0 Å². The van der Waals surface area contributed by atoms with Gasteiger partial charge in [0.05, 0.1) is 6.54 Å². The summed E-state index contributed by atoms with van der Waals surface area (Å²) in [7, 11) is 0. The Kier molecular flexibility index (Phi) is 3.34. The molecule has 0 saturated heterocycles. The summed E-state index contributed by atoms with van der Waals surface area (Å²) in [4.78, 5) is 15.4. The van der Waals surface area contributed by atoms with Gasteiger partial charge >= 0.3 is 0 Å².